The van der Waals surface area contributed by atoms with Crippen LogP contribution in [0.3, 0.4) is 0 Å². The minimum Gasteiger partial charge on any atom is -0.412 e. The highest BCUT2D eigenvalue weighted by Gasteiger charge is 2.60. The molecule has 0 radical (unpaired) electrons. The van der Waals surface area contributed by atoms with Crippen LogP contribution in [0.25, 0.3) is 29.6 Å². The number of carbonyl (C=O) groups is 2. The number of fused-ring (bicyclic) bond motifs is 3. The Bertz CT molecular complexity index is 5080. The molecule has 8 N–H and O–H groups in total. The van der Waals surface area contributed by atoms with E-state index in [0.717, 1.165) is 28.5 Å². The van der Waals surface area contributed by atoms with Crippen LogP contribution in [0.5, 0.6) is 0 Å². The lowest BCUT2D eigenvalue weighted by Gasteiger charge is -2.37. The van der Waals surface area contributed by atoms with E-state index in [9.17, 15) is 53.5 Å². The fourth-order valence-electron chi connectivity index (χ4n) is 14.4. The fraction of sp³-hybridized carbons (Fsp3) is 0.341. The van der Waals surface area contributed by atoms with Crippen molar-refractivity contribution in [2.75, 3.05) is 37.1 Å². The Morgan fingerprint density at radius 1 is 0.496 bits per heavy atom. The first-order chi connectivity index (χ1) is 56.2. The molecule has 15 rings (SSSR count). The smallest absolute Gasteiger partial charge is 0.412 e. The molecule has 0 amide bonds. The van der Waals surface area contributed by atoms with Gasteiger partial charge in [0.25, 0.3) is 19.3 Å². The molecular weight excluding hydrogens is 1740 g/mol. The van der Waals surface area contributed by atoms with Gasteiger partial charge in [-0.15, -0.1) is 23.5 Å². The number of Topliss-reactive ketones (excluding diaryl/α,β-unsaturated/α-hetero) is 2. The van der Waals surface area contributed by atoms with Crippen LogP contribution in [0.4, 0.5) is 52.7 Å². The first kappa shape index (κ1) is 92.9. The predicted molar refractivity (Wildman–Crippen MR) is 452 cm³/mol. The Balaban J connectivity index is 0.000000175. The molecule has 8 aromatic rings. The minimum absolute atomic E-state index is 0. The van der Waals surface area contributed by atoms with Crippen molar-refractivity contribution >= 4 is 127 Å². The molecule has 0 spiro atoms. The van der Waals surface area contributed by atoms with Gasteiger partial charge in [-0.2, -0.15) is 0 Å². The van der Waals surface area contributed by atoms with Gasteiger partial charge in [-0.25, -0.2) is 57.7 Å². The van der Waals surface area contributed by atoms with Crippen LogP contribution in [0.15, 0.2) is 189 Å². The average molecular weight is 1820 g/mol. The first-order valence-corrected chi connectivity index (χ1v) is 41.3. The van der Waals surface area contributed by atoms with Crippen molar-refractivity contribution in [3.63, 3.8) is 0 Å². The van der Waals surface area contributed by atoms with Crippen molar-refractivity contribution in [3.05, 3.63) is 265 Å². The van der Waals surface area contributed by atoms with Gasteiger partial charge in [0.15, 0.2) is 22.6 Å². The third-order valence-electron chi connectivity index (χ3n) is 21.4. The number of hydrogen-bond donors (Lipinski definition) is 3. The van der Waals surface area contributed by atoms with Gasteiger partial charge < -0.3 is 34.7 Å². The van der Waals surface area contributed by atoms with Gasteiger partial charge >= 0.3 is 7.12 Å². The Morgan fingerprint density at radius 3 is 1.19 bits per heavy atom. The van der Waals surface area contributed by atoms with Crippen molar-refractivity contribution in [3.8, 4) is 0 Å². The van der Waals surface area contributed by atoms with Crippen LogP contribution in [0.1, 0.15) is 123 Å². The molecule has 10 heterocycles. The monoisotopic (exact) mass is 1820 g/mol. The number of benzene rings is 5. The van der Waals surface area contributed by atoms with Crippen molar-refractivity contribution < 1.29 is 91.3 Å². The molecule has 630 valence electrons. The van der Waals surface area contributed by atoms with E-state index < -0.39 is 119 Å². The summed E-state index contributed by atoms with van der Waals surface area (Å²) < 4.78 is 201. The molecule has 4 saturated heterocycles. The fourth-order valence-corrected chi connectivity index (χ4v) is 18.4. The highest BCUT2D eigenvalue weighted by molar-refractivity contribution is 14.1. The number of thioether (sulfide) groups is 3. The van der Waals surface area contributed by atoms with Gasteiger partial charge in [0.05, 0.1) is 71.0 Å². The molecule has 0 saturated carbocycles. The molecule has 4 fully saturated rings. The summed E-state index contributed by atoms with van der Waals surface area (Å²) in [6.07, 6.45) is -5.35. The number of ether oxygens (including phenoxy) is 3. The summed E-state index contributed by atoms with van der Waals surface area (Å²) in [5.74, 6) is 2.58. The molecule has 3 aromatic heterocycles. The predicted octanol–water partition coefficient (Wildman–Crippen LogP) is 17.5. The van der Waals surface area contributed by atoms with Crippen LogP contribution >= 0.6 is 57.9 Å². The number of rotatable bonds is 18. The largest absolute Gasteiger partial charge is 0.494 e. The molecule has 7 aliphatic rings. The maximum absolute atomic E-state index is 15.5. The topological polar surface area (TPSA) is 266 Å². The molecule has 9 atom stereocenters. The third-order valence-corrected chi connectivity index (χ3v) is 25.0. The standard InChI is InChI=1S/C29H24F4N2O2S.C27H29BF3NO4S.C21H19F4N3OS.C8H7FIN.H4N2.H2O/c1-17-7-10-24(34-14-17)23(31)12-18-8-9-22(30)20(11-18)29-16-37-27(28(32)33)21(29)15-38-26(35-29)13-25(36)19-5-3-2-4-6-19;1-25(2)26(3,4)36-28(35-25)17-10-11-20(29)18(12-17)27-15-34-23(24(30)31)19(27)14-37-22(32-27)13-21(33)16-8-6-5-7-9-16;1-11-2-5-17(27-8-11)16(23)7-12-3-4-15(22)13(6-12)21-10-29-18(19(24)25)14(21)9-30-20(26)28-21;1-6-2-3-8(11-5-6)7(9)4-10;1-2;/h2-12,14,21,27-28H,13,15-16H2,1H3;5-12,19,23-24H,13-15H2,1-4H3;2-8,14,18-19H,9-10H2,1H3,(H2,26,28);2-5H,1H3;1-2H2;1H2/b23-12-;;16-7-;7-4-;;/t21-,27+,29-;19-,23+,27-;14-,18+,21-;;;/m111.../s1. The second kappa shape index (κ2) is 40.1. The number of hydrazine groups is 1. The maximum atomic E-state index is 15.5. The number of alkyl halides is 6. The number of aliphatic imine (C=N–C) groups is 3. The van der Waals surface area contributed by atoms with Crippen molar-refractivity contribution in [1.82, 2.24) is 15.0 Å². The SMILES string of the molecule is CC1(C)OB(c2ccc(F)c([C@]34CO[C@H](C(F)F)[C@H]3CSC(CC(=O)c3ccccc3)=N4)c2)OC1(C)C.Cc1ccc(/C(F)=C/I)nc1.Cc1ccc(/C(F)=C/c2ccc(F)c([C@]34CO[C@H](C(F)F)[C@H]3CSC(CC(=O)c3ccccc3)=N4)c2)nc1.Cc1ccc(/C(F)=C/c2ccc(F)c([C@]34CO[C@H](C(F)F)[C@H]3CSC(N)=N4)c2)nc1.NN.O. The van der Waals surface area contributed by atoms with Gasteiger partial charge in [0.2, 0.25) is 0 Å². The zero-order valence-corrected chi connectivity index (χ0v) is 69.8. The summed E-state index contributed by atoms with van der Waals surface area (Å²) in [7, 11) is -0.756. The highest BCUT2D eigenvalue weighted by Crippen LogP contribution is 2.54. The first-order valence-electron chi connectivity index (χ1n) is 37.1. The number of carbonyl (C=O) groups excluding carboxylic acids is 2. The second-order valence-electron chi connectivity index (χ2n) is 29.7. The van der Waals surface area contributed by atoms with Gasteiger partial charge in [-0.3, -0.25) is 46.2 Å². The van der Waals surface area contributed by atoms with Gasteiger partial charge in [0.1, 0.15) is 64.0 Å². The molecular formula is C85H85BF12IN9O8S3. The number of aromatic nitrogens is 3. The maximum Gasteiger partial charge on any atom is 0.494 e. The van der Waals surface area contributed by atoms with Crippen LogP contribution in [-0.4, -0.2) is 140 Å². The molecule has 0 aliphatic carbocycles. The van der Waals surface area contributed by atoms with Crippen LogP contribution in [-0.2, 0) is 40.1 Å². The van der Waals surface area contributed by atoms with E-state index in [1.54, 1.807) is 103 Å². The average Bonchev–Trinajstić information content (AvgIpc) is 1.61. The normalized spacial score (nSPS) is 24.1. The van der Waals surface area contributed by atoms with Crippen LogP contribution < -0.4 is 22.9 Å². The van der Waals surface area contributed by atoms with Gasteiger partial charge in [-0.1, -0.05) is 115 Å². The number of halogens is 13. The summed E-state index contributed by atoms with van der Waals surface area (Å²) in [5, 5.41) is 1.08. The summed E-state index contributed by atoms with van der Waals surface area (Å²) in [6, 6.07) is 40.0. The zero-order valence-electron chi connectivity index (χ0n) is 65.2. The van der Waals surface area contributed by atoms with E-state index in [0.29, 0.717) is 43.5 Å². The molecule has 5 aromatic carbocycles. The van der Waals surface area contributed by atoms with Crippen molar-refractivity contribution in [1.29, 1.82) is 0 Å². The molecule has 7 aliphatic heterocycles. The molecule has 0 bridgehead atoms. The van der Waals surface area contributed by atoms with Crippen LogP contribution in [0, 0.1) is 56.0 Å². The number of pyridine rings is 3. The molecule has 0 unspecified atom stereocenters. The number of nitrogens with two attached hydrogens (primary N) is 3. The van der Waals surface area contributed by atoms with Crippen LogP contribution in [0.2, 0.25) is 0 Å². The van der Waals surface area contributed by atoms with E-state index in [1.165, 1.54) is 94.5 Å². The lowest BCUT2D eigenvalue weighted by atomic mass is 9.73. The van der Waals surface area contributed by atoms with E-state index in [1.807, 2.05) is 83.2 Å². The summed E-state index contributed by atoms with van der Waals surface area (Å²) in [4.78, 5) is 51.6. The third kappa shape index (κ3) is 21.0. The number of amidine groups is 1. The summed E-state index contributed by atoms with van der Waals surface area (Å²) in [6.45, 7) is 12.6. The van der Waals surface area contributed by atoms with Crippen molar-refractivity contribution in [2.24, 2.45) is 50.1 Å². The number of nitrogens with zero attached hydrogens (tertiary/aromatic N) is 6. The Hall–Kier alpha value is -8.40. The number of ketones is 2. The molecule has 34 heteroatoms. The molecule has 17 nitrogen and oxygen atoms in total. The van der Waals surface area contributed by atoms with E-state index in [2.05, 4.69) is 31.6 Å². The highest BCUT2D eigenvalue weighted by atomic mass is 127. The van der Waals surface area contributed by atoms with E-state index in [4.69, 9.17) is 39.2 Å². The number of hydrogen-bond acceptors (Lipinski definition) is 19. The minimum atomic E-state index is -2.79. The Labute approximate surface area is 707 Å². The molecule has 119 heavy (non-hydrogen) atoms. The summed E-state index contributed by atoms with van der Waals surface area (Å²) >= 11 is 5.45. The summed E-state index contributed by atoms with van der Waals surface area (Å²) in [5.41, 5.74) is 6.41. The van der Waals surface area contributed by atoms with E-state index >= 15 is 8.78 Å². The van der Waals surface area contributed by atoms with E-state index in [-0.39, 0.29) is 106 Å². The van der Waals surface area contributed by atoms with Crippen molar-refractivity contribution in [2.45, 2.75) is 127 Å². The quantitative estimate of drug-likeness (QED) is 0.0180. The second-order valence-corrected chi connectivity index (χ2v) is 33.5. The van der Waals surface area contributed by atoms with Gasteiger partial charge in [0, 0.05) is 85.5 Å². The zero-order chi connectivity index (χ0) is 85.2. The number of aryl methyl sites for hydroxylation is 3. The lowest BCUT2D eigenvalue weighted by Crippen LogP contribution is -2.44. The Morgan fingerprint density at radius 2 is 0.840 bits per heavy atom. The lowest BCUT2D eigenvalue weighted by molar-refractivity contribution is -0.0359. The Kier molecular flexibility index (Phi) is 31.3. The van der Waals surface area contributed by atoms with Gasteiger partial charge in [-0.05, 0) is 165 Å².